The van der Waals surface area contributed by atoms with Crippen molar-refractivity contribution in [2.24, 2.45) is 0 Å². The number of carbonyl (C=O) groups excluding carboxylic acids is 1. The molecule has 4 nitrogen and oxygen atoms in total. The Bertz CT molecular complexity index is 421. The first-order chi connectivity index (χ1) is 6.91. The Hall–Kier alpha value is -1.84. The number of hydrogen-bond acceptors (Lipinski definition) is 3. The van der Waals surface area contributed by atoms with Crippen molar-refractivity contribution in [3.8, 4) is 5.75 Å². The van der Waals surface area contributed by atoms with Crippen molar-refractivity contribution in [3.05, 3.63) is 28.8 Å². The Kier molecular flexibility index (Phi) is 3.09. The third kappa shape index (κ3) is 2.56. The van der Waals surface area contributed by atoms with Crippen LogP contribution in [0.4, 0.5) is 0 Å². The summed E-state index contributed by atoms with van der Waals surface area (Å²) < 4.78 is 4.85. The molecule has 4 heteroatoms. The number of carboxylic acid groups (broad SMARTS) is 1. The van der Waals surface area contributed by atoms with Gasteiger partial charge in [0.1, 0.15) is 11.3 Å². The first kappa shape index (κ1) is 11.2. The highest BCUT2D eigenvalue weighted by atomic mass is 16.5. The van der Waals surface area contributed by atoms with Gasteiger partial charge in [0.05, 0.1) is 0 Å². The molecule has 1 rings (SSSR count). The van der Waals surface area contributed by atoms with E-state index in [-0.39, 0.29) is 11.3 Å². The van der Waals surface area contributed by atoms with E-state index < -0.39 is 11.9 Å². The van der Waals surface area contributed by atoms with Crippen LogP contribution < -0.4 is 4.74 Å². The van der Waals surface area contributed by atoms with Gasteiger partial charge in [-0.15, -0.1) is 0 Å². The Labute approximate surface area is 87.5 Å². The number of carbonyl (C=O) groups is 2. The minimum Gasteiger partial charge on any atom is -0.478 e. The molecule has 1 aromatic carbocycles. The van der Waals surface area contributed by atoms with E-state index in [0.29, 0.717) is 5.56 Å². The Morgan fingerprint density at radius 3 is 2.33 bits per heavy atom. The van der Waals surface area contributed by atoms with Gasteiger partial charge in [-0.1, -0.05) is 6.07 Å². The second-order valence-electron chi connectivity index (χ2n) is 3.35. The number of carboxylic acids is 1. The van der Waals surface area contributed by atoms with E-state index in [2.05, 4.69) is 0 Å². The molecule has 0 saturated heterocycles. The van der Waals surface area contributed by atoms with Crippen LogP contribution in [0.3, 0.4) is 0 Å². The van der Waals surface area contributed by atoms with Crippen molar-refractivity contribution in [3.63, 3.8) is 0 Å². The molecule has 0 heterocycles. The van der Waals surface area contributed by atoms with Gasteiger partial charge in [0.2, 0.25) is 0 Å². The third-order valence-corrected chi connectivity index (χ3v) is 1.91. The summed E-state index contributed by atoms with van der Waals surface area (Å²) in [5.41, 5.74) is 1.48. The standard InChI is InChI=1S/C11H12O4/c1-6-4-7(2)10(11(13)14)9(5-6)15-8(3)12/h4-5H,1-3H3,(H,13,14). The zero-order valence-electron chi connectivity index (χ0n) is 8.83. The fourth-order valence-corrected chi connectivity index (χ4v) is 1.44. The lowest BCUT2D eigenvalue weighted by Gasteiger charge is -2.09. The van der Waals surface area contributed by atoms with Gasteiger partial charge in [-0.25, -0.2) is 4.79 Å². The molecule has 15 heavy (non-hydrogen) atoms. The van der Waals surface area contributed by atoms with Crippen LogP contribution in [0.1, 0.15) is 28.4 Å². The predicted molar refractivity (Wildman–Crippen MR) is 54.2 cm³/mol. The highest BCUT2D eigenvalue weighted by Gasteiger charge is 2.16. The summed E-state index contributed by atoms with van der Waals surface area (Å²) in [7, 11) is 0. The number of ether oxygens (including phenoxy) is 1. The zero-order chi connectivity index (χ0) is 11.6. The fraction of sp³-hybridized carbons (Fsp3) is 0.273. The van der Waals surface area contributed by atoms with E-state index in [1.807, 2.05) is 6.92 Å². The molecule has 80 valence electrons. The van der Waals surface area contributed by atoms with Crippen LogP contribution in [-0.2, 0) is 4.79 Å². The van der Waals surface area contributed by atoms with Gasteiger partial charge < -0.3 is 9.84 Å². The van der Waals surface area contributed by atoms with Crippen molar-refractivity contribution < 1.29 is 19.4 Å². The first-order valence-corrected chi connectivity index (χ1v) is 4.44. The van der Waals surface area contributed by atoms with E-state index in [1.54, 1.807) is 13.0 Å². The fourth-order valence-electron chi connectivity index (χ4n) is 1.44. The number of esters is 1. The van der Waals surface area contributed by atoms with Gasteiger partial charge in [-0.2, -0.15) is 0 Å². The monoisotopic (exact) mass is 208 g/mol. The molecule has 0 bridgehead atoms. The van der Waals surface area contributed by atoms with E-state index in [1.165, 1.54) is 13.0 Å². The molecule has 0 radical (unpaired) electrons. The summed E-state index contributed by atoms with van der Waals surface area (Å²) in [6.07, 6.45) is 0. The molecule has 0 saturated carbocycles. The van der Waals surface area contributed by atoms with Gasteiger partial charge in [0, 0.05) is 6.92 Å². The molecular weight excluding hydrogens is 196 g/mol. The summed E-state index contributed by atoms with van der Waals surface area (Å²) in [5, 5.41) is 8.96. The van der Waals surface area contributed by atoms with Gasteiger partial charge in [-0.05, 0) is 31.0 Å². The number of benzene rings is 1. The number of rotatable bonds is 2. The molecular formula is C11H12O4. The lowest BCUT2D eigenvalue weighted by molar-refractivity contribution is -0.131. The van der Waals surface area contributed by atoms with Crippen LogP contribution in [0.2, 0.25) is 0 Å². The highest BCUT2D eigenvalue weighted by Crippen LogP contribution is 2.24. The number of hydrogen-bond donors (Lipinski definition) is 1. The van der Waals surface area contributed by atoms with Crippen molar-refractivity contribution in [1.29, 1.82) is 0 Å². The Balaban J connectivity index is 3.33. The van der Waals surface area contributed by atoms with Crippen molar-refractivity contribution in [2.45, 2.75) is 20.8 Å². The maximum absolute atomic E-state index is 10.9. The molecule has 0 unspecified atom stereocenters. The zero-order valence-corrected chi connectivity index (χ0v) is 8.83. The van der Waals surface area contributed by atoms with E-state index >= 15 is 0 Å². The molecule has 1 N–H and O–H groups in total. The first-order valence-electron chi connectivity index (χ1n) is 4.44. The Morgan fingerprint density at radius 1 is 1.27 bits per heavy atom. The normalized spacial score (nSPS) is 9.80. The molecule has 0 aliphatic rings. The third-order valence-electron chi connectivity index (χ3n) is 1.91. The predicted octanol–water partition coefficient (Wildman–Crippen LogP) is 1.93. The maximum atomic E-state index is 10.9. The van der Waals surface area contributed by atoms with Crippen LogP contribution >= 0.6 is 0 Å². The Morgan fingerprint density at radius 2 is 1.87 bits per heavy atom. The van der Waals surface area contributed by atoms with Crippen LogP contribution in [0, 0.1) is 13.8 Å². The van der Waals surface area contributed by atoms with E-state index in [4.69, 9.17) is 9.84 Å². The number of aromatic carboxylic acids is 1. The van der Waals surface area contributed by atoms with Crippen LogP contribution in [-0.4, -0.2) is 17.0 Å². The maximum Gasteiger partial charge on any atom is 0.339 e. The quantitative estimate of drug-likeness (QED) is 0.595. The minimum atomic E-state index is -1.09. The average molecular weight is 208 g/mol. The number of aryl methyl sites for hydroxylation is 2. The van der Waals surface area contributed by atoms with E-state index in [0.717, 1.165) is 5.56 Å². The summed E-state index contributed by atoms with van der Waals surface area (Å²) in [4.78, 5) is 21.7. The molecule has 0 aromatic heterocycles. The van der Waals surface area contributed by atoms with Crippen LogP contribution in [0.15, 0.2) is 12.1 Å². The van der Waals surface area contributed by atoms with Crippen molar-refractivity contribution in [2.75, 3.05) is 0 Å². The lowest BCUT2D eigenvalue weighted by atomic mass is 10.0. The summed E-state index contributed by atoms with van der Waals surface area (Å²) in [5.74, 6) is -1.52. The highest BCUT2D eigenvalue weighted by molar-refractivity contribution is 5.93. The summed E-state index contributed by atoms with van der Waals surface area (Å²) in [6.45, 7) is 4.72. The second-order valence-corrected chi connectivity index (χ2v) is 3.35. The van der Waals surface area contributed by atoms with Gasteiger partial charge in [0.25, 0.3) is 0 Å². The molecule has 0 aliphatic carbocycles. The largest absolute Gasteiger partial charge is 0.478 e. The van der Waals surface area contributed by atoms with Gasteiger partial charge >= 0.3 is 11.9 Å². The second kappa shape index (κ2) is 4.13. The molecule has 1 aromatic rings. The SMILES string of the molecule is CC(=O)Oc1cc(C)cc(C)c1C(=O)O. The lowest BCUT2D eigenvalue weighted by Crippen LogP contribution is -2.09. The summed E-state index contributed by atoms with van der Waals surface area (Å²) in [6, 6.07) is 3.27. The van der Waals surface area contributed by atoms with Gasteiger partial charge in [0.15, 0.2) is 0 Å². The molecule has 0 atom stereocenters. The van der Waals surface area contributed by atoms with Crippen LogP contribution in [0.25, 0.3) is 0 Å². The summed E-state index contributed by atoms with van der Waals surface area (Å²) >= 11 is 0. The molecule has 0 amide bonds. The molecule has 0 fully saturated rings. The topological polar surface area (TPSA) is 63.6 Å². The molecule has 0 aliphatic heterocycles. The average Bonchev–Trinajstić information content (AvgIpc) is 1.99. The van der Waals surface area contributed by atoms with Gasteiger partial charge in [-0.3, -0.25) is 4.79 Å². The van der Waals surface area contributed by atoms with Crippen molar-refractivity contribution in [1.82, 2.24) is 0 Å². The molecule has 0 spiro atoms. The smallest absolute Gasteiger partial charge is 0.339 e. The van der Waals surface area contributed by atoms with E-state index in [9.17, 15) is 9.59 Å². The van der Waals surface area contributed by atoms with Crippen molar-refractivity contribution >= 4 is 11.9 Å². The van der Waals surface area contributed by atoms with Crippen LogP contribution in [0.5, 0.6) is 5.75 Å². The minimum absolute atomic E-state index is 0.0378.